The second kappa shape index (κ2) is 9.02. The minimum atomic E-state index is -0.967. The number of carbonyl (C=O) groups is 2. The van der Waals surface area contributed by atoms with E-state index >= 15 is 0 Å². The summed E-state index contributed by atoms with van der Waals surface area (Å²) in [4.78, 5) is 33.3. The Morgan fingerprint density at radius 3 is 2.25 bits per heavy atom. The Hall–Kier alpha value is -3.35. The molecule has 4 rings (SSSR count). The molecule has 0 bridgehead atoms. The lowest BCUT2D eigenvalue weighted by atomic mass is 9.94. The van der Waals surface area contributed by atoms with Crippen LogP contribution in [0.15, 0.2) is 53.5 Å². The maximum absolute atomic E-state index is 13.8. The van der Waals surface area contributed by atoms with Crippen LogP contribution in [0.2, 0.25) is 0 Å². The summed E-state index contributed by atoms with van der Waals surface area (Å²) in [5.74, 6) is 0.148. The highest BCUT2D eigenvalue weighted by atomic mass is 16.5. The molecule has 2 aromatic rings. The number of rotatable bonds is 6. The molecule has 2 N–H and O–H groups in total. The Labute approximate surface area is 188 Å². The van der Waals surface area contributed by atoms with E-state index in [-0.39, 0.29) is 5.91 Å². The van der Waals surface area contributed by atoms with Crippen molar-refractivity contribution in [2.75, 3.05) is 14.2 Å². The van der Waals surface area contributed by atoms with E-state index in [2.05, 4.69) is 0 Å². The topological polar surface area (TPSA) is 94.2 Å². The lowest BCUT2D eigenvalue weighted by molar-refractivity contribution is -0.140. The van der Waals surface area contributed by atoms with E-state index in [4.69, 9.17) is 20.2 Å². The van der Waals surface area contributed by atoms with Gasteiger partial charge in [-0.3, -0.25) is 19.5 Å². The third kappa shape index (κ3) is 3.83. The zero-order valence-corrected chi connectivity index (χ0v) is 18.5. The fourth-order valence-corrected chi connectivity index (χ4v) is 4.87. The Balaban J connectivity index is 1.84. The second-order valence-electron chi connectivity index (χ2n) is 8.32. The minimum Gasteiger partial charge on any atom is -0.493 e. The van der Waals surface area contributed by atoms with Crippen LogP contribution in [0.25, 0.3) is 0 Å². The highest BCUT2D eigenvalue weighted by molar-refractivity contribution is 6.47. The van der Waals surface area contributed by atoms with Gasteiger partial charge in [-0.05, 0) is 43.4 Å². The van der Waals surface area contributed by atoms with Crippen LogP contribution in [-0.4, -0.2) is 42.3 Å². The Morgan fingerprint density at radius 1 is 1.00 bits per heavy atom. The molecule has 1 atom stereocenters. The molecule has 2 aliphatic rings. The number of amides is 2. The van der Waals surface area contributed by atoms with Gasteiger partial charge in [-0.15, -0.1) is 0 Å². The molecule has 0 radical (unpaired) electrons. The zero-order valence-electron chi connectivity index (χ0n) is 18.5. The van der Waals surface area contributed by atoms with Crippen LogP contribution in [0, 0.1) is 0 Å². The fraction of sp³-hybridized carbons (Fsp3) is 0.400. The number of carbonyl (C=O) groups excluding carboxylic acids is 2. The van der Waals surface area contributed by atoms with Crippen molar-refractivity contribution >= 4 is 17.5 Å². The van der Waals surface area contributed by atoms with Crippen LogP contribution in [0.3, 0.4) is 0 Å². The van der Waals surface area contributed by atoms with E-state index in [1.165, 1.54) is 7.11 Å². The highest BCUT2D eigenvalue weighted by Crippen LogP contribution is 2.44. The van der Waals surface area contributed by atoms with Gasteiger partial charge in [0.15, 0.2) is 11.5 Å². The second-order valence-corrected chi connectivity index (χ2v) is 8.32. The first-order chi connectivity index (χ1) is 15.5. The van der Waals surface area contributed by atoms with Crippen molar-refractivity contribution in [2.45, 2.75) is 50.2 Å². The summed E-state index contributed by atoms with van der Waals surface area (Å²) in [5, 5.41) is 0. The van der Waals surface area contributed by atoms with E-state index in [0.717, 1.165) is 31.2 Å². The molecule has 1 aliphatic carbocycles. The number of aliphatic imine (C=N–C) groups is 1. The molecule has 32 heavy (non-hydrogen) atoms. The molecule has 1 unspecified atom stereocenters. The van der Waals surface area contributed by atoms with E-state index < -0.39 is 17.6 Å². The maximum atomic E-state index is 13.8. The fourth-order valence-electron chi connectivity index (χ4n) is 4.87. The van der Waals surface area contributed by atoms with E-state index in [9.17, 15) is 9.59 Å². The monoisotopic (exact) mass is 435 g/mol. The van der Waals surface area contributed by atoms with Gasteiger partial charge >= 0.3 is 0 Å². The smallest absolute Gasteiger partial charge is 0.275 e. The molecule has 2 aromatic carbocycles. The lowest BCUT2D eigenvalue weighted by Crippen LogP contribution is -2.52. The van der Waals surface area contributed by atoms with Crippen molar-refractivity contribution in [1.29, 1.82) is 0 Å². The van der Waals surface area contributed by atoms with Crippen molar-refractivity contribution in [3.8, 4) is 11.5 Å². The molecule has 1 spiro atoms. The molecule has 0 saturated heterocycles. The van der Waals surface area contributed by atoms with Gasteiger partial charge in [0.1, 0.15) is 17.4 Å². The van der Waals surface area contributed by atoms with Crippen LogP contribution >= 0.6 is 0 Å². The summed E-state index contributed by atoms with van der Waals surface area (Å²) < 4.78 is 10.8. The quantitative estimate of drug-likeness (QED) is 0.750. The first kappa shape index (κ1) is 21.9. The Morgan fingerprint density at radius 2 is 1.66 bits per heavy atom. The highest BCUT2D eigenvalue weighted by Gasteiger charge is 2.51. The van der Waals surface area contributed by atoms with Crippen molar-refractivity contribution < 1.29 is 19.1 Å². The molecule has 7 heteroatoms. The predicted octanol–water partition coefficient (Wildman–Crippen LogP) is 3.61. The van der Waals surface area contributed by atoms with Gasteiger partial charge in [0.25, 0.3) is 5.91 Å². The molecule has 7 nitrogen and oxygen atoms in total. The third-order valence-electron chi connectivity index (χ3n) is 6.39. The van der Waals surface area contributed by atoms with Gasteiger partial charge in [-0.25, -0.2) is 0 Å². The minimum absolute atomic E-state index is 0.267. The number of nitrogens with zero attached hydrogens (tertiary/aromatic N) is 2. The SMILES string of the molecule is COc1ccc(C(C(N)=O)N2C(=O)C(c3ccccc3)=NC23CCCCCC3)cc1OC. The third-order valence-corrected chi connectivity index (χ3v) is 6.39. The van der Waals surface area contributed by atoms with Crippen molar-refractivity contribution in [3.05, 3.63) is 59.7 Å². The number of hydrogen-bond acceptors (Lipinski definition) is 5. The summed E-state index contributed by atoms with van der Waals surface area (Å²) in [6, 6.07) is 13.6. The summed E-state index contributed by atoms with van der Waals surface area (Å²) in [5.41, 5.74) is 6.86. The summed E-state index contributed by atoms with van der Waals surface area (Å²) >= 11 is 0. The molecule has 168 valence electrons. The van der Waals surface area contributed by atoms with E-state index in [0.29, 0.717) is 35.6 Å². The molecular weight excluding hydrogens is 406 g/mol. The van der Waals surface area contributed by atoms with Crippen LogP contribution in [0.1, 0.15) is 55.7 Å². The summed E-state index contributed by atoms with van der Waals surface area (Å²) in [6.45, 7) is 0. The van der Waals surface area contributed by atoms with Crippen molar-refractivity contribution in [1.82, 2.24) is 4.90 Å². The molecule has 1 fully saturated rings. The molecule has 1 heterocycles. The first-order valence-corrected chi connectivity index (χ1v) is 11.0. The normalized spacial score (nSPS) is 18.8. The molecule has 1 aliphatic heterocycles. The largest absolute Gasteiger partial charge is 0.493 e. The van der Waals surface area contributed by atoms with Crippen molar-refractivity contribution in [3.63, 3.8) is 0 Å². The Kier molecular flexibility index (Phi) is 6.17. The number of methoxy groups -OCH3 is 2. The molecular formula is C25H29N3O4. The molecule has 0 aromatic heterocycles. The standard InChI is InChI=1S/C25H29N3O4/c1-31-19-13-12-18(16-20(19)32-2)22(23(26)29)28-24(30)21(17-10-6-5-7-11-17)27-25(28)14-8-3-4-9-15-25/h5-7,10-13,16,22H,3-4,8-9,14-15H2,1-2H3,(H2,26,29). The molecule has 2 amide bonds. The van der Waals surface area contributed by atoms with Crippen LogP contribution in [0.5, 0.6) is 11.5 Å². The number of benzene rings is 2. The van der Waals surface area contributed by atoms with Crippen molar-refractivity contribution in [2.24, 2.45) is 10.7 Å². The van der Waals surface area contributed by atoms with Gasteiger partial charge in [0, 0.05) is 5.56 Å². The van der Waals surface area contributed by atoms with E-state index in [1.807, 2.05) is 30.3 Å². The van der Waals surface area contributed by atoms with Gasteiger partial charge in [0.2, 0.25) is 5.91 Å². The Bertz CT molecular complexity index is 1030. The average Bonchev–Trinajstić information content (AvgIpc) is 2.95. The number of nitrogens with two attached hydrogens (primary N) is 1. The van der Waals surface area contributed by atoms with Gasteiger partial charge in [-0.1, -0.05) is 49.2 Å². The maximum Gasteiger partial charge on any atom is 0.275 e. The van der Waals surface area contributed by atoms with Gasteiger partial charge in [0.05, 0.1) is 14.2 Å². The van der Waals surface area contributed by atoms with Crippen LogP contribution in [-0.2, 0) is 9.59 Å². The van der Waals surface area contributed by atoms with Crippen LogP contribution in [0.4, 0.5) is 0 Å². The summed E-state index contributed by atoms with van der Waals surface area (Å²) in [7, 11) is 3.08. The number of ether oxygens (including phenoxy) is 2. The van der Waals surface area contributed by atoms with Crippen LogP contribution < -0.4 is 15.2 Å². The number of primary amides is 1. The lowest BCUT2D eigenvalue weighted by Gasteiger charge is -2.40. The van der Waals surface area contributed by atoms with E-state index in [1.54, 1.807) is 30.2 Å². The van der Waals surface area contributed by atoms with Gasteiger partial charge < -0.3 is 15.2 Å². The summed E-state index contributed by atoms with van der Waals surface area (Å²) in [6.07, 6.45) is 5.44. The predicted molar refractivity (Wildman–Crippen MR) is 122 cm³/mol. The first-order valence-electron chi connectivity index (χ1n) is 11.0. The molecule has 1 saturated carbocycles. The average molecular weight is 436 g/mol. The van der Waals surface area contributed by atoms with Gasteiger partial charge in [-0.2, -0.15) is 0 Å². The number of hydrogen-bond donors (Lipinski definition) is 1. The zero-order chi connectivity index (χ0) is 22.7.